The normalized spacial score (nSPS) is 17.3. The van der Waals surface area contributed by atoms with Crippen molar-refractivity contribution in [3.8, 4) is 0 Å². The third-order valence-corrected chi connectivity index (χ3v) is 4.59. The molecule has 1 aliphatic heterocycles. The summed E-state index contributed by atoms with van der Waals surface area (Å²) in [6, 6.07) is 18.9. The molecule has 1 aliphatic rings. The summed E-state index contributed by atoms with van der Waals surface area (Å²) < 4.78 is 0. The predicted molar refractivity (Wildman–Crippen MR) is 93.4 cm³/mol. The van der Waals surface area contributed by atoms with Gasteiger partial charge in [-0.2, -0.15) is 0 Å². The molecule has 0 unspecified atom stereocenters. The molecule has 0 radical (unpaired) electrons. The van der Waals surface area contributed by atoms with Crippen molar-refractivity contribution < 1.29 is 4.79 Å². The minimum absolute atomic E-state index is 0.0617. The van der Waals surface area contributed by atoms with Crippen LogP contribution >= 0.6 is 0 Å². The zero-order valence-corrected chi connectivity index (χ0v) is 13.7. The van der Waals surface area contributed by atoms with Gasteiger partial charge in [-0.15, -0.1) is 0 Å². The van der Waals surface area contributed by atoms with E-state index in [-0.39, 0.29) is 12.1 Å². The summed E-state index contributed by atoms with van der Waals surface area (Å²) in [5.41, 5.74) is 3.80. The van der Waals surface area contributed by atoms with Crippen molar-refractivity contribution in [1.82, 2.24) is 10.2 Å². The molecule has 1 fully saturated rings. The molecule has 3 heteroatoms. The first-order valence-corrected chi connectivity index (χ1v) is 8.39. The Morgan fingerprint density at radius 2 is 1.87 bits per heavy atom. The number of hydrogen-bond acceptors (Lipinski definition) is 1. The highest BCUT2D eigenvalue weighted by Gasteiger charge is 2.30. The van der Waals surface area contributed by atoms with Crippen molar-refractivity contribution in [2.24, 2.45) is 0 Å². The van der Waals surface area contributed by atoms with Crippen LogP contribution in [0.25, 0.3) is 0 Å². The van der Waals surface area contributed by atoms with Crippen molar-refractivity contribution in [2.45, 2.75) is 32.2 Å². The molecule has 0 aliphatic carbocycles. The summed E-state index contributed by atoms with van der Waals surface area (Å²) in [5, 5.41) is 3.08. The topological polar surface area (TPSA) is 32.3 Å². The van der Waals surface area contributed by atoms with Crippen molar-refractivity contribution in [3.05, 3.63) is 71.3 Å². The Morgan fingerprint density at radius 1 is 1.13 bits per heavy atom. The zero-order chi connectivity index (χ0) is 16.1. The molecule has 0 aromatic heterocycles. The average Bonchev–Trinajstić information content (AvgIpc) is 3.06. The van der Waals surface area contributed by atoms with Crippen molar-refractivity contribution in [1.29, 1.82) is 0 Å². The van der Waals surface area contributed by atoms with E-state index in [1.54, 1.807) is 0 Å². The van der Waals surface area contributed by atoms with Gasteiger partial charge in [-0.3, -0.25) is 0 Å². The quantitative estimate of drug-likeness (QED) is 0.906. The first-order valence-electron chi connectivity index (χ1n) is 8.39. The molecule has 23 heavy (non-hydrogen) atoms. The Hall–Kier alpha value is -2.29. The van der Waals surface area contributed by atoms with Crippen LogP contribution in [0.15, 0.2) is 54.6 Å². The highest BCUT2D eigenvalue weighted by Crippen LogP contribution is 2.33. The molecule has 0 spiro atoms. The van der Waals surface area contributed by atoms with Crippen molar-refractivity contribution in [2.75, 3.05) is 13.1 Å². The van der Waals surface area contributed by atoms with Crippen LogP contribution < -0.4 is 5.32 Å². The smallest absolute Gasteiger partial charge is 0.317 e. The molecule has 2 aromatic rings. The molecule has 3 rings (SSSR count). The van der Waals surface area contributed by atoms with Crippen LogP contribution in [-0.4, -0.2) is 24.0 Å². The molecule has 2 amide bonds. The third kappa shape index (κ3) is 3.73. The largest absolute Gasteiger partial charge is 0.338 e. The molecule has 1 N–H and O–H groups in total. The minimum Gasteiger partial charge on any atom is -0.338 e. The molecule has 0 bridgehead atoms. The van der Waals surface area contributed by atoms with E-state index in [9.17, 15) is 4.79 Å². The van der Waals surface area contributed by atoms with Crippen LogP contribution in [0, 0.1) is 6.92 Å². The third-order valence-electron chi connectivity index (χ3n) is 4.59. The summed E-state index contributed by atoms with van der Waals surface area (Å²) in [4.78, 5) is 14.5. The van der Waals surface area contributed by atoms with E-state index in [4.69, 9.17) is 0 Å². The first kappa shape index (κ1) is 15.6. The maximum Gasteiger partial charge on any atom is 0.317 e. The monoisotopic (exact) mass is 308 g/mol. The lowest BCUT2D eigenvalue weighted by Gasteiger charge is -2.26. The van der Waals surface area contributed by atoms with E-state index in [2.05, 4.69) is 48.6 Å². The van der Waals surface area contributed by atoms with Crippen LogP contribution in [0.4, 0.5) is 4.79 Å². The van der Waals surface area contributed by atoms with Gasteiger partial charge in [0.2, 0.25) is 0 Å². The lowest BCUT2D eigenvalue weighted by atomic mass is 9.99. The fraction of sp³-hybridized carbons (Fsp3) is 0.350. The van der Waals surface area contributed by atoms with Gasteiger partial charge in [0.25, 0.3) is 0 Å². The second-order valence-corrected chi connectivity index (χ2v) is 6.18. The van der Waals surface area contributed by atoms with Gasteiger partial charge in [0.1, 0.15) is 0 Å². The Kier molecular flexibility index (Phi) is 4.96. The number of benzene rings is 2. The van der Waals surface area contributed by atoms with E-state index in [0.717, 1.165) is 25.8 Å². The van der Waals surface area contributed by atoms with E-state index in [1.165, 1.54) is 16.7 Å². The van der Waals surface area contributed by atoms with Gasteiger partial charge in [-0.25, -0.2) is 4.79 Å². The van der Waals surface area contributed by atoms with E-state index in [0.29, 0.717) is 6.54 Å². The summed E-state index contributed by atoms with van der Waals surface area (Å²) in [7, 11) is 0. The lowest BCUT2D eigenvalue weighted by molar-refractivity contribution is 0.193. The molecule has 1 atom stereocenters. The molecular formula is C20H24N2O. The summed E-state index contributed by atoms with van der Waals surface area (Å²) >= 11 is 0. The van der Waals surface area contributed by atoms with Gasteiger partial charge in [-0.05, 0) is 42.9 Å². The lowest BCUT2D eigenvalue weighted by Crippen LogP contribution is -2.40. The fourth-order valence-electron chi connectivity index (χ4n) is 3.35. The van der Waals surface area contributed by atoms with E-state index >= 15 is 0 Å². The Labute approximate surface area is 138 Å². The summed E-state index contributed by atoms with van der Waals surface area (Å²) in [5.74, 6) is 0. The maximum atomic E-state index is 12.5. The number of likely N-dealkylation sites (tertiary alicyclic amines) is 1. The van der Waals surface area contributed by atoms with Gasteiger partial charge in [0.15, 0.2) is 0 Å². The minimum atomic E-state index is 0.0617. The maximum absolute atomic E-state index is 12.5. The van der Waals surface area contributed by atoms with Crippen LogP contribution in [0.5, 0.6) is 0 Å². The number of carbonyl (C=O) groups is 1. The molecule has 1 saturated heterocycles. The van der Waals surface area contributed by atoms with Gasteiger partial charge in [0, 0.05) is 13.1 Å². The van der Waals surface area contributed by atoms with Crippen LogP contribution in [0.3, 0.4) is 0 Å². The number of nitrogens with zero attached hydrogens (tertiary/aromatic N) is 1. The second-order valence-electron chi connectivity index (χ2n) is 6.18. The number of rotatable bonds is 4. The molecule has 0 saturated carbocycles. The Morgan fingerprint density at radius 3 is 2.65 bits per heavy atom. The molecular weight excluding hydrogens is 284 g/mol. The van der Waals surface area contributed by atoms with Crippen LogP contribution in [-0.2, 0) is 6.42 Å². The Bertz CT molecular complexity index is 654. The molecule has 120 valence electrons. The highest BCUT2D eigenvalue weighted by molar-refractivity contribution is 5.75. The average molecular weight is 308 g/mol. The summed E-state index contributed by atoms with van der Waals surface area (Å²) in [6.45, 7) is 3.65. The van der Waals surface area contributed by atoms with E-state index < -0.39 is 0 Å². The molecule has 3 nitrogen and oxygen atoms in total. The van der Waals surface area contributed by atoms with Crippen molar-refractivity contribution >= 4 is 6.03 Å². The molecule has 1 heterocycles. The number of urea groups is 1. The van der Waals surface area contributed by atoms with Gasteiger partial charge in [0.05, 0.1) is 6.04 Å². The fourth-order valence-corrected chi connectivity index (χ4v) is 3.35. The predicted octanol–water partition coefficient (Wildman–Crippen LogP) is 4.08. The summed E-state index contributed by atoms with van der Waals surface area (Å²) in [6.07, 6.45) is 3.00. The standard InChI is InChI=1S/C20H24N2O/c1-16-8-5-6-11-18(16)19-12-7-15-22(19)20(23)21-14-13-17-9-3-2-4-10-17/h2-6,8-11,19H,7,12-15H2,1H3,(H,21,23)/t19-/m1/s1. The number of aryl methyl sites for hydroxylation is 1. The van der Waals surface area contributed by atoms with Crippen molar-refractivity contribution in [3.63, 3.8) is 0 Å². The highest BCUT2D eigenvalue weighted by atomic mass is 16.2. The molecule has 2 aromatic carbocycles. The van der Waals surface area contributed by atoms with Gasteiger partial charge in [-0.1, -0.05) is 54.6 Å². The second kappa shape index (κ2) is 7.32. The van der Waals surface area contributed by atoms with Gasteiger partial charge < -0.3 is 10.2 Å². The number of carbonyl (C=O) groups excluding carboxylic acids is 1. The zero-order valence-electron chi connectivity index (χ0n) is 13.7. The number of nitrogens with one attached hydrogen (secondary N) is 1. The van der Waals surface area contributed by atoms with Crippen LogP contribution in [0.2, 0.25) is 0 Å². The first-order chi connectivity index (χ1) is 11.3. The van der Waals surface area contributed by atoms with Crippen LogP contribution in [0.1, 0.15) is 35.6 Å². The van der Waals surface area contributed by atoms with E-state index in [1.807, 2.05) is 23.1 Å². The number of hydrogen-bond donors (Lipinski definition) is 1. The van der Waals surface area contributed by atoms with Gasteiger partial charge >= 0.3 is 6.03 Å². The SMILES string of the molecule is Cc1ccccc1[C@H]1CCCN1C(=O)NCCc1ccccc1. The Balaban J connectivity index is 1.59. The number of amides is 2.